The minimum Gasteiger partial charge on any atom is -0.350 e. The molecular formula is C21H19FN2O5S2. The summed E-state index contributed by atoms with van der Waals surface area (Å²) in [7, 11) is -3.93. The monoisotopic (exact) mass is 462 g/mol. The molecule has 2 aromatic carbocycles. The lowest BCUT2D eigenvalue weighted by molar-refractivity contribution is -0.385. The van der Waals surface area contributed by atoms with Crippen LogP contribution in [-0.2, 0) is 9.84 Å². The van der Waals surface area contributed by atoms with E-state index in [1.807, 2.05) is 0 Å². The van der Waals surface area contributed by atoms with E-state index < -0.39 is 31.7 Å². The first-order valence-electron chi connectivity index (χ1n) is 9.18. The van der Waals surface area contributed by atoms with Gasteiger partial charge in [-0.25, -0.2) is 12.8 Å². The predicted octanol–water partition coefficient (Wildman–Crippen LogP) is 4.36. The van der Waals surface area contributed by atoms with E-state index in [1.165, 1.54) is 55.5 Å². The Balaban J connectivity index is 1.87. The molecule has 0 aliphatic heterocycles. The smallest absolute Gasteiger partial charge is 0.272 e. The van der Waals surface area contributed by atoms with Crippen LogP contribution >= 0.6 is 11.3 Å². The van der Waals surface area contributed by atoms with Crippen LogP contribution in [-0.4, -0.2) is 25.8 Å². The van der Waals surface area contributed by atoms with Crippen LogP contribution < -0.4 is 5.32 Å². The number of nitro groups is 1. The number of amides is 1. The van der Waals surface area contributed by atoms with Gasteiger partial charge in [0.2, 0.25) is 0 Å². The Morgan fingerprint density at radius 2 is 1.90 bits per heavy atom. The van der Waals surface area contributed by atoms with E-state index in [0.29, 0.717) is 10.4 Å². The largest absolute Gasteiger partial charge is 0.350 e. The Hall–Kier alpha value is -3.11. The van der Waals surface area contributed by atoms with E-state index >= 15 is 0 Å². The van der Waals surface area contributed by atoms with Gasteiger partial charge in [0.25, 0.3) is 11.6 Å². The maximum Gasteiger partial charge on any atom is 0.272 e. The van der Waals surface area contributed by atoms with Crippen molar-refractivity contribution in [3.05, 3.63) is 91.4 Å². The van der Waals surface area contributed by atoms with Crippen molar-refractivity contribution in [3.8, 4) is 0 Å². The van der Waals surface area contributed by atoms with Crippen LogP contribution in [0.3, 0.4) is 0 Å². The molecule has 31 heavy (non-hydrogen) atoms. The van der Waals surface area contributed by atoms with Gasteiger partial charge in [0.15, 0.2) is 9.84 Å². The van der Waals surface area contributed by atoms with Crippen molar-refractivity contribution in [3.63, 3.8) is 0 Å². The summed E-state index contributed by atoms with van der Waals surface area (Å²) in [6.45, 7) is 2.78. The summed E-state index contributed by atoms with van der Waals surface area (Å²) in [4.78, 5) is 23.5. The number of hydrogen-bond acceptors (Lipinski definition) is 6. The fourth-order valence-corrected chi connectivity index (χ4v) is 5.95. The van der Waals surface area contributed by atoms with Crippen LogP contribution in [0.25, 0.3) is 0 Å². The lowest BCUT2D eigenvalue weighted by atomic mass is 10.1. The molecular weight excluding hydrogens is 443 g/mol. The highest BCUT2D eigenvalue weighted by Crippen LogP contribution is 2.32. The fourth-order valence-electron chi connectivity index (χ4n) is 3.09. The molecule has 1 atom stereocenters. The third kappa shape index (κ3) is 4.80. The van der Waals surface area contributed by atoms with Crippen LogP contribution in [0.15, 0.2) is 58.8 Å². The molecule has 0 saturated carbocycles. The Kier molecular flexibility index (Phi) is 6.51. The summed E-state index contributed by atoms with van der Waals surface area (Å²) in [6.07, 6.45) is 0. The van der Waals surface area contributed by atoms with Crippen LogP contribution in [0.1, 0.15) is 31.6 Å². The molecule has 1 amide bonds. The van der Waals surface area contributed by atoms with E-state index in [2.05, 4.69) is 5.32 Å². The maximum atomic E-state index is 13.6. The number of halogens is 1. The fraction of sp³-hybridized carbons (Fsp3) is 0.190. The van der Waals surface area contributed by atoms with Crippen molar-refractivity contribution in [2.75, 3.05) is 6.54 Å². The minimum absolute atomic E-state index is 0.0368. The normalized spacial score (nSPS) is 12.4. The van der Waals surface area contributed by atoms with Crippen molar-refractivity contribution in [1.29, 1.82) is 0 Å². The second-order valence-electron chi connectivity index (χ2n) is 6.93. The molecule has 1 aromatic heterocycles. The molecule has 0 fully saturated rings. The van der Waals surface area contributed by atoms with Crippen molar-refractivity contribution >= 4 is 32.8 Å². The summed E-state index contributed by atoms with van der Waals surface area (Å²) in [6, 6.07) is 10.9. The number of nitro benzene ring substituents is 1. The first kappa shape index (κ1) is 22.6. The van der Waals surface area contributed by atoms with Gasteiger partial charge in [0.1, 0.15) is 11.1 Å². The maximum absolute atomic E-state index is 13.6. The number of thiophene rings is 1. The Morgan fingerprint density at radius 1 is 1.16 bits per heavy atom. The lowest BCUT2D eigenvalue weighted by Gasteiger charge is -2.18. The molecule has 0 radical (unpaired) electrons. The molecule has 3 rings (SSSR count). The molecule has 0 saturated heterocycles. The third-order valence-electron chi connectivity index (χ3n) is 4.80. The molecule has 0 bridgehead atoms. The molecule has 0 spiro atoms. The number of carbonyl (C=O) groups is 1. The quantitative estimate of drug-likeness (QED) is 0.319. The number of nitrogens with one attached hydrogen (secondary N) is 1. The Labute approximate surface area is 182 Å². The van der Waals surface area contributed by atoms with Crippen LogP contribution in [0.5, 0.6) is 0 Å². The summed E-state index contributed by atoms with van der Waals surface area (Å²) in [5, 5.41) is 14.2. The SMILES string of the molecule is Cc1cc(S(=O)(=O)[C@H](CNC(=O)c2ccc([N+](=O)[O-])c(C)c2)c2cccs2)ccc1F. The minimum atomic E-state index is -3.93. The zero-order chi connectivity index (χ0) is 22.8. The molecule has 0 unspecified atom stereocenters. The standard InChI is InChI=1S/C21H19FN2O5S2/c1-13-11-16(6-7-17(13)22)31(28,29)20(19-4-3-9-30-19)12-23-21(25)15-5-8-18(24(26)27)14(2)10-15/h3-11,20H,12H2,1-2H3,(H,23,25)/t20-/m1/s1. The molecule has 1 heterocycles. The van der Waals surface area contributed by atoms with Crippen LogP contribution in [0.2, 0.25) is 0 Å². The zero-order valence-electron chi connectivity index (χ0n) is 16.7. The molecule has 7 nitrogen and oxygen atoms in total. The predicted molar refractivity (Wildman–Crippen MR) is 116 cm³/mol. The second-order valence-corrected chi connectivity index (χ2v) is 10.0. The van der Waals surface area contributed by atoms with E-state index in [1.54, 1.807) is 17.5 Å². The van der Waals surface area contributed by atoms with Gasteiger partial charge in [0, 0.05) is 28.6 Å². The number of benzene rings is 2. The van der Waals surface area contributed by atoms with Gasteiger partial charge < -0.3 is 5.32 Å². The number of sulfone groups is 1. The van der Waals surface area contributed by atoms with E-state index in [9.17, 15) is 27.7 Å². The van der Waals surface area contributed by atoms with Gasteiger partial charge in [-0.2, -0.15) is 0 Å². The Morgan fingerprint density at radius 3 is 2.48 bits per heavy atom. The Bertz CT molecular complexity index is 1240. The molecule has 10 heteroatoms. The van der Waals surface area contributed by atoms with Gasteiger partial charge in [-0.1, -0.05) is 6.07 Å². The summed E-state index contributed by atoms with van der Waals surface area (Å²) >= 11 is 1.24. The zero-order valence-corrected chi connectivity index (χ0v) is 18.3. The summed E-state index contributed by atoms with van der Waals surface area (Å²) in [5.74, 6) is -1.06. The highest BCUT2D eigenvalue weighted by atomic mass is 32.2. The topological polar surface area (TPSA) is 106 Å². The van der Waals surface area contributed by atoms with Crippen molar-refractivity contribution in [2.24, 2.45) is 0 Å². The van der Waals surface area contributed by atoms with Gasteiger partial charge in [0.05, 0.1) is 9.82 Å². The number of rotatable bonds is 7. The van der Waals surface area contributed by atoms with Gasteiger partial charge in [-0.3, -0.25) is 14.9 Å². The first-order chi connectivity index (χ1) is 14.6. The number of aryl methyl sites for hydroxylation is 2. The second kappa shape index (κ2) is 8.94. The molecule has 162 valence electrons. The first-order valence-corrected chi connectivity index (χ1v) is 11.6. The van der Waals surface area contributed by atoms with E-state index in [4.69, 9.17) is 0 Å². The van der Waals surface area contributed by atoms with Crippen LogP contribution in [0.4, 0.5) is 10.1 Å². The van der Waals surface area contributed by atoms with Crippen molar-refractivity contribution in [1.82, 2.24) is 5.32 Å². The number of hydrogen-bond donors (Lipinski definition) is 1. The van der Waals surface area contributed by atoms with E-state index in [-0.39, 0.29) is 28.3 Å². The van der Waals surface area contributed by atoms with Gasteiger partial charge in [-0.15, -0.1) is 11.3 Å². The average Bonchev–Trinajstić information content (AvgIpc) is 3.23. The molecule has 0 aliphatic rings. The molecule has 3 aromatic rings. The summed E-state index contributed by atoms with van der Waals surface area (Å²) in [5.41, 5.74) is 0.601. The molecule has 1 N–H and O–H groups in total. The number of carbonyl (C=O) groups excluding carboxylic acids is 1. The third-order valence-corrected chi connectivity index (χ3v) is 8.01. The number of nitrogens with zero attached hydrogens (tertiary/aromatic N) is 1. The van der Waals surface area contributed by atoms with Gasteiger partial charge >= 0.3 is 0 Å². The highest BCUT2D eigenvalue weighted by Gasteiger charge is 2.31. The van der Waals surface area contributed by atoms with E-state index in [0.717, 1.165) is 6.07 Å². The summed E-state index contributed by atoms with van der Waals surface area (Å²) < 4.78 is 40.2. The highest BCUT2D eigenvalue weighted by molar-refractivity contribution is 7.91. The lowest BCUT2D eigenvalue weighted by Crippen LogP contribution is -2.31. The average molecular weight is 463 g/mol. The van der Waals surface area contributed by atoms with Crippen molar-refractivity contribution in [2.45, 2.75) is 24.0 Å². The van der Waals surface area contributed by atoms with Crippen LogP contribution in [0, 0.1) is 29.8 Å². The van der Waals surface area contributed by atoms with Gasteiger partial charge in [-0.05, 0) is 61.2 Å². The van der Waals surface area contributed by atoms with Crippen molar-refractivity contribution < 1.29 is 22.5 Å². The molecule has 0 aliphatic carbocycles.